The van der Waals surface area contributed by atoms with Gasteiger partial charge in [-0.15, -0.1) is 0 Å². The van der Waals surface area contributed by atoms with E-state index in [2.05, 4.69) is 20.7 Å². The molecule has 1 atom stereocenters. The van der Waals surface area contributed by atoms with Gasteiger partial charge >= 0.3 is 0 Å². The highest BCUT2D eigenvalue weighted by atomic mass is 16.2. The molecule has 7 heteroatoms. The van der Waals surface area contributed by atoms with Crippen molar-refractivity contribution in [1.29, 1.82) is 0 Å². The second-order valence-electron chi connectivity index (χ2n) is 6.31. The summed E-state index contributed by atoms with van der Waals surface area (Å²) in [6, 6.07) is 7.40. The molecule has 1 aromatic carbocycles. The molecule has 7 nitrogen and oxygen atoms in total. The standard InChI is InChI=1S/C18H20N6O/c1-11-12(2)24(10-20-11)14-6-4-13(5-7-14)22-18(25)17-15-8-21-23(3)16(15)9-19-17/h4-8,10,17,19H,9H2,1-3H3,(H,22,25). The summed E-state index contributed by atoms with van der Waals surface area (Å²) in [4.78, 5) is 16.9. The first kappa shape index (κ1) is 15.6. The Hall–Kier alpha value is -2.93. The number of nitrogens with one attached hydrogen (secondary N) is 2. The fourth-order valence-corrected chi connectivity index (χ4v) is 3.16. The Bertz CT molecular complexity index is 937. The van der Waals surface area contributed by atoms with Crippen LogP contribution in [0.5, 0.6) is 0 Å². The second kappa shape index (κ2) is 5.86. The van der Waals surface area contributed by atoms with Gasteiger partial charge in [0.25, 0.3) is 0 Å². The summed E-state index contributed by atoms with van der Waals surface area (Å²) >= 11 is 0. The summed E-state index contributed by atoms with van der Waals surface area (Å²) in [5.74, 6) is -0.0749. The lowest BCUT2D eigenvalue weighted by Gasteiger charge is -2.12. The van der Waals surface area contributed by atoms with Crippen molar-refractivity contribution in [3.8, 4) is 5.69 Å². The van der Waals surface area contributed by atoms with Crippen LogP contribution in [-0.4, -0.2) is 25.2 Å². The van der Waals surface area contributed by atoms with Crippen molar-refractivity contribution < 1.29 is 4.79 Å². The molecule has 0 radical (unpaired) electrons. The van der Waals surface area contributed by atoms with Gasteiger partial charge in [-0.2, -0.15) is 5.10 Å². The Morgan fingerprint density at radius 3 is 2.72 bits per heavy atom. The Morgan fingerprint density at radius 2 is 2.04 bits per heavy atom. The van der Waals surface area contributed by atoms with E-state index in [0.717, 1.165) is 34.0 Å². The Kier molecular flexibility index (Phi) is 3.65. The highest BCUT2D eigenvalue weighted by molar-refractivity contribution is 5.96. The van der Waals surface area contributed by atoms with Crippen molar-refractivity contribution in [3.05, 3.63) is 59.4 Å². The first-order valence-corrected chi connectivity index (χ1v) is 8.20. The summed E-state index contributed by atoms with van der Waals surface area (Å²) in [5.41, 5.74) is 5.91. The predicted molar refractivity (Wildman–Crippen MR) is 94.5 cm³/mol. The van der Waals surface area contributed by atoms with E-state index in [1.807, 2.05) is 56.1 Å². The molecule has 0 saturated heterocycles. The van der Waals surface area contributed by atoms with Crippen LogP contribution in [0.2, 0.25) is 0 Å². The molecule has 1 unspecified atom stereocenters. The van der Waals surface area contributed by atoms with Gasteiger partial charge in [0.1, 0.15) is 6.04 Å². The molecule has 1 aliphatic rings. The summed E-state index contributed by atoms with van der Waals surface area (Å²) in [5, 5.41) is 10.4. The number of fused-ring (bicyclic) bond motifs is 1. The number of hydrogen-bond acceptors (Lipinski definition) is 4. The summed E-state index contributed by atoms with van der Waals surface area (Å²) in [6.45, 7) is 4.68. The molecule has 0 fully saturated rings. The number of aromatic nitrogens is 4. The van der Waals surface area contributed by atoms with Crippen LogP contribution in [-0.2, 0) is 18.4 Å². The fourth-order valence-electron chi connectivity index (χ4n) is 3.16. The molecule has 0 saturated carbocycles. The zero-order valence-electron chi connectivity index (χ0n) is 14.4. The monoisotopic (exact) mass is 336 g/mol. The van der Waals surface area contributed by atoms with Crippen molar-refractivity contribution in [2.45, 2.75) is 26.4 Å². The van der Waals surface area contributed by atoms with Crippen LogP contribution < -0.4 is 10.6 Å². The maximum absolute atomic E-state index is 12.6. The molecule has 0 bridgehead atoms. The number of hydrogen-bond donors (Lipinski definition) is 2. The van der Waals surface area contributed by atoms with Crippen LogP contribution in [0, 0.1) is 13.8 Å². The fraction of sp³-hybridized carbons (Fsp3) is 0.278. The Balaban J connectivity index is 1.50. The van der Waals surface area contributed by atoms with E-state index in [9.17, 15) is 4.79 Å². The van der Waals surface area contributed by atoms with Crippen molar-refractivity contribution in [1.82, 2.24) is 24.6 Å². The molecule has 3 heterocycles. The number of carbonyl (C=O) groups excluding carboxylic acids is 1. The van der Waals surface area contributed by atoms with Crippen LogP contribution in [0.25, 0.3) is 5.69 Å². The third-order valence-electron chi connectivity index (χ3n) is 4.81. The highest BCUT2D eigenvalue weighted by Crippen LogP contribution is 2.26. The summed E-state index contributed by atoms with van der Waals surface area (Å²) < 4.78 is 3.83. The average Bonchev–Trinajstić information content (AvgIpc) is 3.27. The van der Waals surface area contributed by atoms with Gasteiger partial charge in [0.15, 0.2) is 0 Å². The van der Waals surface area contributed by atoms with Crippen molar-refractivity contribution in [2.75, 3.05) is 5.32 Å². The third kappa shape index (κ3) is 2.62. The lowest BCUT2D eigenvalue weighted by molar-refractivity contribution is -0.118. The zero-order chi connectivity index (χ0) is 17.6. The molecule has 2 aromatic heterocycles. The first-order valence-electron chi connectivity index (χ1n) is 8.20. The van der Waals surface area contributed by atoms with E-state index in [-0.39, 0.29) is 11.9 Å². The van der Waals surface area contributed by atoms with E-state index in [1.165, 1.54) is 0 Å². The molecular formula is C18H20N6O. The second-order valence-corrected chi connectivity index (χ2v) is 6.31. The predicted octanol–water partition coefficient (Wildman–Crippen LogP) is 2.01. The van der Waals surface area contributed by atoms with E-state index < -0.39 is 0 Å². The normalized spacial score (nSPS) is 16.0. The van der Waals surface area contributed by atoms with Gasteiger partial charge in [-0.3, -0.25) is 14.8 Å². The number of carbonyl (C=O) groups is 1. The van der Waals surface area contributed by atoms with Crippen LogP contribution in [0.4, 0.5) is 5.69 Å². The molecule has 1 aliphatic heterocycles. The van der Waals surface area contributed by atoms with E-state index >= 15 is 0 Å². The number of benzene rings is 1. The number of anilines is 1. The molecule has 0 spiro atoms. The smallest absolute Gasteiger partial charge is 0.246 e. The van der Waals surface area contributed by atoms with Gasteiger partial charge < -0.3 is 9.88 Å². The maximum Gasteiger partial charge on any atom is 0.246 e. The van der Waals surface area contributed by atoms with E-state index in [0.29, 0.717) is 6.54 Å². The molecule has 3 aromatic rings. The highest BCUT2D eigenvalue weighted by Gasteiger charge is 2.30. The quantitative estimate of drug-likeness (QED) is 0.767. The summed E-state index contributed by atoms with van der Waals surface area (Å²) in [6.07, 6.45) is 3.57. The van der Waals surface area contributed by atoms with Gasteiger partial charge in [-0.25, -0.2) is 4.98 Å². The number of rotatable bonds is 3. The minimum absolute atomic E-state index is 0.0749. The van der Waals surface area contributed by atoms with Crippen LogP contribution in [0.15, 0.2) is 36.8 Å². The number of amides is 1. The van der Waals surface area contributed by atoms with Crippen molar-refractivity contribution in [3.63, 3.8) is 0 Å². The lowest BCUT2D eigenvalue weighted by atomic mass is 10.1. The molecule has 0 aliphatic carbocycles. The van der Waals surface area contributed by atoms with Crippen molar-refractivity contribution in [2.24, 2.45) is 7.05 Å². The van der Waals surface area contributed by atoms with Crippen LogP contribution in [0.3, 0.4) is 0 Å². The maximum atomic E-state index is 12.6. The van der Waals surface area contributed by atoms with E-state index in [1.54, 1.807) is 10.9 Å². The topological polar surface area (TPSA) is 76.8 Å². The lowest BCUT2D eigenvalue weighted by Crippen LogP contribution is -2.28. The zero-order valence-corrected chi connectivity index (χ0v) is 14.4. The Labute approximate surface area is 145 Å². The SMILES string of the molecule is Cc1ncn(-c2ccc(NC(=O)C3NCc4c3cnn4C)cc2)c1C. The molecule has 25 heavy (non-hydrogen) atoms. The van der Waals surface area contributed by atoms with Crippen LogP contribution in [0.1, 0.15) is 28.7 Å². The third-order valence-corrected chi connectivity index (χ3v) is 4.81. The minimum atomic E-state index is -0.359. The Morgan fingerprint density at radius 1 is 1.28 bits per heavy atom. The van der Waals surface area contributed by atoms with E-state index in [4.69, 9.17) is 0 Å². The first-order chi connectivity index (χ1) is 12.0. The van der Waals surface area contributed by atoms with Gasteiger partial charge in [-0.1, -0.05) is 0 Å². The van der Waals surface area contributed by atoms with Gasteiger partial charge in [-0.05, 0) is 38.1 Å². The number of imidazole rings is 1. The minimum Gasteiger partial charge on any atom is -0.324 e. The molecule has 2 N–H and O–H groups in total. The van der Waals surface area contributed by atoms with Gasteiger partial charge in [0, 0.05) is 36.2 Å². The molecule has 128 valence electrons. The van der Waals surface area contributed by atoms with Gasteiger partial charge in [0.05, 0.1) is 23.9 Å². The largest absolute Gasteiger partial charge is 0.324 e. The average molecular weight is 336 g/mol. The molecule has 4 rings (SSSR count). The molecule has 1 amide bonds. The number of nitrogens with zero attached hydrogens (tertiary/aromatic N) is 4. The molecular weight excluding hydrogens is 316 g/mol. The van der Waals surface area contributed by atoms with Crippen LogP contribution >= 0.6 is 0 Å². The van der Waals surface area contributed by atoms with Crippen molar-refractivity contribution >= 4 is 11.6 Å². The number of aryl methyl sites for hydroxylation is 2. The van der Waals surface area contributed by atoms with Gasteiger partial charge in [0.2, 0.25) is 5.91 Å². The summed E-state index contributed by atoms with van der Waals surface area (Å²) in [7, 11) is 1.89.